The summed E-state index contributed by atoms with van der Waals surface area (Å²) in [4.78, 5) is 4.11. The van der Waals surface area contributed by atoms with Gasteiger partial charge in [-0.25, -0.2) is 8.42 Å². The molecule has 0 spiro atoms. The van der Waals surface area contributed by atoms with Crippen LogP contribution in [0.3, 0.4) is 0 Å². The average Bonchev–Trinajstić information content (AvgIpc) is 2.44. The van der Waals surface area contributed by atoms with Crippen molar-refractivity contribution in [2.45, 2.75) is 12.8 Å². The first-order valence-electron chi connectivity index (χ1n) is 4.53. The minimum absolute atomic E-state index is 0.250. The van der Waals surface area contributed by atoms with Crippen LogP contribution in [0.2, 0.25) is 0 Å². The normalized spacial score (nSPS) is 16.7. The Kier molecular flexibility index (Phi) is 3.77. The fourth-order valence-electron chi connectivity index (χ4n) is 1.33. The van der Waals surface area contributed by atoms with Crippen molar-refractivity contribution in [1.29, 1.82) is 0 Å². The summed E-state index contributed by atoms with van der Waals surface area (Å²) in [6, 6.07) is 0. The molecule has 0 radical (unpaired) electrons. The molecule has 14 heavy (non-hydrogen) atoms. The molecule has 0 bridgehead atoms. The van der Waals surface area contributed by atoms with Crippen molar-refractivity contribution < 1.29 is 13.0 Å². The summed E-state index contributed by atoms with van der Waals surface area (Å²) in [5, 5.41) is 0. The van der Waals surface area contributed by atoms with Crippen LogP contribution in [0.4, 0.5) is 0 Å². The van der Waals surface area contributed by atoms with E-state index in [1.165, 1.54) is 0 Å². The third kappa shape index (κ3) is 4.48. The molecule has 6 heteroatoms. The van der Waals surface area contributed by atoms with E-state index in [0.29, 0.717) is 6.42 Å². The number of unbranched alkanes of at least 4 members (excludes halogenated alkanes) is 1. The van der Waals surface area contributed by atoms with Gasteiger partial charge >= 0.3 is 0 Å². The second-order valence-electron chi connectivity index (χ2n) is 3.48. The Morgan fingerprint density at radius 3 is 2.57 bits per heavy atom. The Hall–Kier alpha value is -0.750. The smallest absolute Gasteiger partial charge is 0.0945 e. The zero-order valence-electron chi connectivity index (χ0n) is 8.22. The van der Waals surface area contributed by atoms with E-state index in [4.69, 9.17) is 0 Å². The lowest BCUT2D eigenvalue weighted by molar-refractivity contribution is 0.293. The van der Waals surface area contributed by atoms with Gasteiger partial charge in [0.25, 0.3) is 0 Å². The average molecular weight is 219 g/mol. The van der Waals surface area contributed by atoms with Crippen LogP contribution in [0.5, 0.6) is 0 Å². The highest BCUT2D eigenvalue weighted by Gasteiger charge is 2.07. The predicted octanol–water partition coefficient (Wildman–Crippen LogP) is -0.0121. The standard InChI is InChI=1S/C8H16N2O3S/c1-9-5-6-10(8-9)4-2-3-7-14(11,12)13/h5-6H,2-4,7-8H2,1H3,(H,11,12,13)/p-1. The minimum atomic E-state index is -4.03. The lowest BCUT2D eigenvalue weighted by Crippen LogP contribution is -2.23. The van der Waals surface area contributed by atoms with E-state index in [9.17, 15) is 13.0 Å². The fraction of sp³-hybridized carbons (Fsp3) is 0.750. The molecule has 1 heterocycles. The summed E-state index contributed by atoms with van der Waals surface area (Å²) in [6.45, 7) is 1.64. The molecule has 0 amide bonds. The molecule has 0 aromatic heterocycles. The Labute approximate surface area is 84.7 Å². The van der Waals surface area contributed by atoms with Gasteiger partial charge in [-0.1, -0.05) is 0 Å². The second kappa shape index (κ2) is 4.65. The Morgan fingerprint density at radius 1 is 1.36 bits per heavy atom. The third-order valence-corrected chi connectivity index (χ3v) is 2.82. The number of nitrogens with zero attached hydrogens (tertiary/aromatic N) is 2. The first-order valence-corrected chi connectivity index (χ1v) is 6.11. The van der Waals surface area contributed by atoms with Gasteiger partial charge in [-0.05, 0) is 12.8 Å². The molecule has 5 nitrogen and oxygen atoms in total. The lowest BCUT2D eigenvalue weighted by atomic mass is 10.3. The fourth-order valence-corrected chi connectivity index (χ4v) is 1.89. The molecule has 0 N–H and O–H groups in total. The number of hydrogen-bond acceptors (Lipinski definition) is 5. The summed E-state index contributed by atoms with van der Waals surface area (Å²) in [6.07, 6.45) is 5.11. The van der Waals surface area contributed by atoms with Crippen molar-refractivity contribution >= 4 is 10.1 Å². The van der Waals surface area contributed by atoms with Crippen LogP contribution >= 0.6 is 0 Å². The quantitative estimate of drug-likeness (QED) is 0.480. The molecule has 0 unspecified atom stereocenters. The molecule has 0 aromatic carbocycles. The topological polar surface area (TPSA) is 63.7 Å². The molecule has 0 saturated carbocycles. The van der Waals surface area contributed by atoms with E-state index >= 15 is 0 Å². The van der Waals surface area contributed by atoms with Crippen molar-refractivity contribution in [3.63, 3.8) is 0 Å². The molecule has 1 aliphatic heterocycles. The Bertz CT molecular complexity index is 300. The zero-order valence-corrected chi connectivity index (χ0v) is 9.03. The van der Waals surface area contributed by atoms with E-state index < -0.39 is 10.1 Å². The first kappa shape index (κ1) is 11.3. The largest absolute Gasteiger partial charge is 0.748 e. The van der Waals surface area contributed by atoms with Gasteiger partial charge in [0.1, 0.15) is 0 Å². The highest BCUT2D eigenvalue weighted by atomic mass is 32.2. The maximum atomic E-state index is 10.3. The summed E-state index contributed by atoms with van der Waals surface area (Å²) in [5.74, 6) is -0.250. The van der Waals surface area contributed by atoms with Crippen LogP contribution in [-0.4, -0.2) is 48.8 Å². The SMILES string of the molecule is CN1C=CN(CCCCS(=O)(=O)[O-])C1. The predicted molar refractivity (Wildman–Crippen MR) is 52.3 cm³/mol. The van der Waals surface area contributed by atoms with Crippen LogP contribution in [0.1, 0.15) is 12.8 Å². The Balaban J connectivity index is 2.08. The summed E-state index contributed by atoms with van der Waals surface area (Å²) >= 11 is 0. The molecular weight excluding hydrogens is 204 g/mol. The van der Waals surface area contributed by atoms with E-state index in [1.54, 1.807) is 0 Å². The van der Waals surface area contributed by atoms with Gasteiger partial charge in [-0.2, -0.15) is 0 Å². The number of hydrogen-bond donors (Lipinski definition) is 0. The van der Waals surface area contributed by atoms with E-state index in [-0.39, 0.29) is 5.75 Å². The maximum Gasteiger partial charge on any atom is 0.0945 e. The van der Waals surface area contributed by atoms with Crippen LogP contribution in [0.15, 0.2) is 12.4 Å². The Morgan fingerprint density at radius 2 is 2.07 bits per heavy atom. The molecule has 0 aromatic rings. The van der Waals surface area contributed by atoms with Crippen molar-refractivity contribution in [3.8, 4) is 0 Å². The molecule has 82 valence electrons. The van der Waals surface area contributed by atoms with Crippen LogP contribution < -0.4 is 0 Å². The molecule has 1 aliphatic rings. The van der Waals surface area contributed by atoms with Gasteiger partial charge in [0.15, 0.2) is 0 Å². The van der Waals surface area contributed by atoms with Gasteiger partial charge in [-0.3, -0.25) is 0 Å². The van der Waals surface area contributed by atoms with Crippen LogP contribution in [0, 0.1) is 0 Å². The molecule has 1 rings (SSSR count). The van der Waals surface area contributed by atoms with E-state index in [2.05, 4.69) is 4.90 Å². The van der Waals surface area contributed by atoms with E-state index in [1.807, 2.05) is 24.3 Å². The molecule has 0 fully saturated rings. The monoisotopic (exact) mass is 219 g/mol. The van der Waals surface area contributed by atoms with Gasteiger partial charge in [0, 0.05) is 31.7 Å². The maximum absolute atomic E-state index is 10.3. The van der Waals surface area contributed by atoms with Crippen molar-refractivity contribution in [2.75, 3.05) is 26.0 Å². The minimum Gasteiger partial charge on any atom is -0.748 e. The van der Waals surface area contributed by atoms with Crippen LogP contribution in [-0.2, 0) is 10.1 Å². The summed E-state index contributed by atoms with van der Waals surface area (Å²) < 4.78 is 30.9. The van der Waals surface area contributed by atoms with Crippen molar-refractivity contribution in [3.05, 3.63) is 12.4 Å². The lowest BCUT2D eigenvalue weighted by Gasteiger charge is -2.17. The van der Waals surface area contributed by atoms with Gasteiger partial charge < -0.3 is 14.4 Å². The molecule has 0 saturated heterocycles. The molecule has 0 atom stereocenters. The van der Waals surface area contributed by atoms with Gasteiger partial charge in [-0.15, -0.1) is 0 Å². The van der Waals surface area contributed by atoms with E-state index in [0.717, 1.165) is 19.6 Å². The van der Waals surface area contributed by atoms with Crippen LogP contribution in [0.25, 0.3) is 0 Å². The van der Waals surface area contributed by atoms with Crippen molar-refractivity contribution in [2.24, 2.45) is 0 Å². The highest BCUT2D eigenvalue weighted by molar-refractivity contribution is 7.85. The highest BCUT2D eigenvalue weighted by Crippen LogP contribution is 2.05. The molecule has 0 aliphatic carbocycles. The van der Waals surface area contributed by atoms with Gasteiger partial charge in [0.05, 0.1) is 16.8 Å². The summed E-state index contributed by atoms with van der Waals surface area (Å²) in [5.41, 5.74) is 0. The number of rotatable bonds is 5. The van der Waals surface area contributed by atoms with Gasteiger partial charge in [0.2, 0.25) is 0 Å². The molecular formula is C8H15N2O3S-. The third-order valence-electron chi connectivity index (χ3n) is 2.03. The summed E-state index contributed by atoms with van der Waals surface area (Å²) in [7, 11) is -2.06. The first-order chi connectivity index (χ1) is 6.47. The van der Waals surface area contributed by atoms with Crippen molar-refractivity contribution in [1.82, 2.24) is 9.80 Å². The zero-order chi connectivity index (χ0) is 10.6. The second-order valence-corrected chi connectivity index (χ2v) is 5.00.